The molecule has 0 bridgehead atoms. The molecule has 2 aromatic heterocycles. The summed E-state index contributed by atoms with van der Waals surface area (Å²) < 4.78 is 60.6. The summed E-state index contributed by atoms with van der Waals surface area (Å²) in [6.07, 6.45) is 2.20. The van der Waals surface area contributed by atoms with Crippen LogP contribution in [0.15, 0.2) is 48.5 Å². The van der Waals surface area contributed by atoms with Gasteiger partial charge in [-0.1, -0.05) is 29.8 Å². The number of ether oxygens (including phenoxy) is 2. The SMILES string of the molecule is O=C(O)c1ccc2nc(CN3CCC(c4cccc5c4C(F)(F)C(c4ccc(Cl)cc4F)CO5)CC3)n(CC3CCO3)c2n1. The number of carboxylic acids is 1. The van der Waals surface area contributed by atoms with E-state index in [-0.39, 0.29) is 46.2 Å². The number of hydrogen-bond acceptors (Lipinski definition) is 6. The number of alkyl halides is 2. The molecule has 3 aliphatic rings. The van der Waals surface area contributed by atoms with Gasteiger partial charge in [-0.15, -0.1) is 0 Å². The molecule has 44 heavy (non-hydrogen) atoms. The van der Waals surface area contributed by atoms with E-state index in [2.05, 4.69) is 9.88 Å². The molecule has 0 spiro atoms. The summed E-state index contributed by atoms with van der Waals surface area (Å²) >= 11 is 5.88. The van der Waals surface area contributed by atoms with E-state index in [9.17, 15) is 14.3 Å². The molecule has 0 aliphatic carbocycles. The topological polar surface area (TPSA) is 89.7 Å². The number of carboxylic acid groups (broad SMARTS) is 1. The Kier molecular flexibility index (Phi) is 7.50. The first-order valence-corrected chi connectivity index (χ1v) is 15.1. The predicted octanol–water partition coefficient (Wildman–Crippen LogP) is 6.36. The van der Waals surface area contributed by atoms with Gasteiger partial charge in [0.05, 0.1) is 30.7 Å². The van der Waals surface area contributed by atoms with Crippen LogP contribution >= 0.6 is 11.6 Å². The van der Waals surface area contributed by atoms with Crippen LogP contribution in [0, 0.1) is 5.82 Å². The highest BCUT2D eigenvalue weighted by Gasteiger charge is 2.51. The number of imidazole rings is 1. The number of aromatic carboxylic acids is 1. The van der Waals surface area contributed by atoms with Crippen molar-refractivity contribution in [3.8, 4) is 5.75 Å². The number of halogens is 4. The van der Waals surface area contributed by atoms with Gasteiger partial charge in [0.2, 0.25) is 0 Å². The minimum absolute atomic E-state index is 0.0190. The summed E-state index contributed by atoms with van der Waals surface area (Å²) in [6.45, 7) is 2.67. The van der Waals surface area contributed by atoms with E-state index in [1.807, 2.05) is 4.57 Å². The van der Waals surface area contributed by atoms with Gasteiger partial charge in [-0.25, -0.2) is 27.9 Å². The summed E-state index contributed by atoms with van der Waals surface area (Å²) in [5, 5.41) is 9.61. The summed E-state index contributed by atoms with van der Waals surface area (Å²) in [6, 6.07) is 11.9. The molecule has 12 heteroatoms. The van der Waals surface area contributed by atoms with Crippen molar-refractivity contribution < 1.29 is 32.5 Å². The minimum Gasteiger partial charge on any atom is -0.492 e. The average Bonchev–Trinajstić information content (AvgIpc) is 3.31. The molecule has 0 saturated carbocycles. The average molecular weight is 627 g/mol. The molecular weight excluding hydrogens is 597 g/mol. The number of likely N-dealkylation sites (tertiary alicyclic amines) is 1. The van der Waals surface area contributed by atoms with E-state index in [4.69, 9.17) is 26.1 Å². The molecule has 1 N–H and O–H groups in total. The minimum atomic E-state index is -3.34. The van der Waals surface area contributed by atoms with Crippen molar-refractivity contribution in [3.63, 3.8) is 0 Å². The fourth-order valence-electron chi connectivity index (χ4n) is 6.60. The highest BCUT2D eigenvalue weighted by molar-refractivity contribution is 6.30. The van der Waals surface area contributed by atoms with Gasteiger partial charge in [0.1, 0.15) is 29.5 Å². The van der Waals surface area contributed by atoms with Gasteiger partial charge in [-0.05, 0) is 74.2 Å². The lowest BCUT2D eigenvalue weighted by Crippen LogP contribution is -2.38. The molecule has 0 radical (unpaired) electrons. The van der Waals surface area contributed by atoms with Crippen LogP contribution in [-0.4, -0.2) is 62.9 Å². The van der Waals surface area contributed by atoms with E-state index < -0.39 is 23.6 Å². The van der Waals surface area contributed by atoms with Gasteiger partial charge in [-0.3, -0.25) is 4.90 Å². The van der Waals surface area contributed by atoms with Crippen molar-refractivity contribution in [1.82, 2.24) is 19.4 Å². The maximum Gasteiger partial charge on any atom is 0.354 e. The second-order valence-electron chi connectivity index (χ2n) is 11.7. The Labute approximate surface area is 256 Å². The molecule has 230 valence electrons. The number of carbonyl (C=O) groups is 1. The fourth-order valence-corrected chi connectivity index (χ4v) is 6.76. The van der Waals surface area contributed by atoms with Crippen LogP contribution < -0.4 is 4.74 Å². The van der Waals surface area contributed by atoms with E-state index >= 15 is 8.78 Å². The van der Waals surface area contributed by atoms with Crippen molar-refractivity contribution in [2.45, 2.75) is 56.2 Å². The van der Waals surface area contributed by atoms with Crippen LogP contribution in [0.3, 0.4) is 0 Å². The molecule has 8 nitrogen and oxygen atoms in total. The van der Waals surface area contributed by atoms with Crippen LogP contribution in [-0.2, 0) is 23.7 Å². The van der Waals surface area contributed by atoms with Gasteiger partial charge < -0.3 is 19.1 Å². The molecule has 2 saturated heterocycles. The second kappa shape index (κ2) is 11.4. The molecular formula is C32H30ClF3N4O4. The zero-order valence-corrected chi connectivity index (χ0v) is 24.4. The fraction of sp³-hybridized carbons (Fsp3) is 0.406. The van der Waals surface area contributed by atoms with Gasteiger partial charge in [-0.2, -0.15) is 0 Å². The first-order chi connectivity index (χ1) is 21.2. The Balaban J connectivity index is 1.11. The third kappa shape index (κ3) is 5.20. The third-order valence-corrected chi connectivity index (χ3v) is 9.27. The lowest BCUT2D eigenvalue weighted by Gasteiger charge is -2.38. The smallest absolute Gasteiger partial charge is 0.354 e. The highest BCUT2D eigenvalue weighted by Crippen LogP contribution is 2.53. The maximum absolute atomic E-state index is 16.2. The Morgan fingerprint density at radius 1 is 1.07 bits per heavy atom. The first-order valence-electron chi connectivity index (χ1n) is 14.7. The van der Waals surface area contributed by atoms with Gasteiger partial charge in [0, 0.05) is 17.2 Å². The van der Waals surface area contributed by atoms with Gasteiger partial charge in [0.25, 0.3) is 5.92 Å². The predicted molar refractivity (Wildman–Crippen MR) is 156 cm³/mol. The van der Waals surface area contributed by atoms with E-state index in [1.165, 1.54) is 18.2 Å². The normalized spacial score (nSPS) is 21.9. The quantitative estimate of drug-likeness (QED) is 0.255. The van der Waals surface area contributed by atoms with Gasteiger partial charge in [0.15, 0.2) is 11.3 Å². The molecule has 4 aromatic rings. The number of benzene rings is 2. The third-order valence-electron chi connectivity index (χ3n) is 9.04. The molecule has 2 unspecified atom stereocenters. The molecule has 2 atom stereocenters. The standard InChI is InChI=1S/C32H30ClF3N4O4/c33-19-4-5-22(24(34)14-19)23-17-44-27-3-1-2-21(29(27)32(23,35)36)18-8-11-39(12-9-18)16-28-37-25-6-7-26(31(41)42)38-30(25)40(28)15-20-10-13-43-20/h1-7,14,18,20,23H,8-13,15-17H2,(H,41,42). The zero-order chi connectivity index (χ0) is 30.6. The monoisotopic (exact) mass is 626 g/mol. The summed E-state index contributed by atoms with van der Waals surface area (Å²) in [5.74, 6) is -5.93. The summed E-state index contributed by atoms with van der Waals surface area (Å²) in [7, 11) is 0. The number of aromatic nitrogens is 3. The first kappa shape index (κ1) is 29.1. The summed E-state index contributed by atoms with van der Waals surface area (Å²) in [5.41, 5.74) is 1.33. The van der Waals surface area contributed by atoms with Crippen molar-refractivity contribution in [1.29, 1.82) is 0 Å². The summed E-state index contributed by atoms with van der Waals surface area (Å²) in [4.78, 5) is 22.9. The number of fused-ring (bicyclic) bond motifs is 2. The largest absolute Gasteiger partial charge is 0.492 e. The molecule has 3 aliphatic heterocycles. The van der Waals surface area contributed by atoms with Crippen molar-refractivity contribution in [3.05, 3.63) is 87.6 Å². The molecule has 7 rings (SSSR count). The van der Waals surface area contributed by atoms with Crippen molar-refractivity contribution in [2.75, 3.05) is 26.3 Å². The van der Waals surface area contributed by atoms with E-state index in [0.717, 1.165) is 18.3 Å². The van der Waals surface area contributed by atoms with Crippen LogP contribution in [0.25, 0.3) is 11.2 Å². The number of nitrogens with zero attached hydrogens (tertiary/aromatic N) is 4. The number of pyridine rings is 1. The lowest BCUT2D eigenvalue weighted by molar-refractivity contribution is -0.0652. The number of rotatable bonds is 7. The Morgan fingerprint density at radius 3 is 2.57 bits per heavy atom. The van der Waals surface area contributed by atoms with Crippen LogP contribution in [0.5, 0.6) is 5.75 Å². The van der Waals surface area contributed by atoms with Crippen LogP contribution in [0.4, 0.5) is 13.2 Å². The van der Waals surface area contributed by atoms with Gasteiger partial charge >= 0.3 is 5.97 Å². The van der Waals surface area contributed by atoms with Crippen molar-refractivity contribution in [2.24, 2.45) is 0 Å². The van der Waals surface area contributed by atoms with E-state index in [0.29, 0.717) is 62.4 Å². The Bertz CT molecular complexity index is 1740. The molecule has 2 fully saturated rings. The Morgan fingerprint density at radius 2 is 1.86 bits per heavy atom. The van der Waals surface area contributed by atoms with Crippen molar-refractivity contribution >= 4 is 28.7 Å². The molecule has 2 aromatic carbocycles. The number of hydrogen-bond donors (Lipinski definition) is 1. The van der Waals surface area contributed by atoms with Crippen LogP contribution in [0.1, 0.15) is 64.1 Å². The number of piperidine rings is 1. The van der Waals surface area contributed by atoms with Crippen LogP contribution in [0.2, 0.25) is 5.02 Å². The zero-order valence-electron chi connectivity index (χ0n) is 23.7. The lowest BCUT2D eigenvalue weighted by atomic mass is 9.79. The molecule has 0 amide bonds. The second-order valence-corrected chi connectivity index (χ2v) is 12.1. The Hall–Kier alpha value is -3.67. The maximum atomic E-state index is 16.2. The van der Waals surface area contributed by atoms with E-state index in [1.54, 1.807) is 24.3 Å². The highest BCUT2D eigenvalue weighted by atomic mass is 35.5. The molecule has 5 heterocycles.